The van der Waals surface area contributed by atoms with Gasteiger partial charge < -0.3 is 14.6 Å². The van der Waals surface area contributed by atoms with Gasteiger partial charge in [0.05, 0.1) is 26.3 Å². The third-order valence-corrected chi connectivity index (χ3v) is 6.28. The Labute approximate surface area is 210 Å². The van der Waals surface area contributed by atoms with Crippen molar-refractivity contribution in [3.63, 3.8) is 0 Å². The van der Waals surface area contributed by atoms with Crippen LogP contribution in [-0.2, 0) is 4.79 Å². The van der Waals surface area contributed by atoms with Crippen molar-refractivity contribution in [2.45, 2.75) is 13.8 Å². The molecule has 0 saturated carbocycles. The Balaban J connectivity index is 1.93. The van der Waals surface area contributed by atoms with E-state index in [1.807, 2.05) is 26.0 Å². The number of hydrogen-bond donors (Lipinski definition) is 1. The maximum atomic E-state index is 13.0. The van der Waals surface area contributed by atoms with Gasteiger partial charge in [0.2, 0.25) is 0 Å². The van der Waals surface area contributed by atoms with Gasteiger partial charge in [-0.15, -0.1) is 6.42 Å². The summed E-state index contributed by atoms with van der Waals surface area (Å²) in [4.78, 5) is 30.7. The number of amidine groups is 1. The SMILES string of the molecule is C#CCOc1c(I)cc(C=C2SC(=Nc3ccc(C(=O)O)cc3)N(CC)C2=O)cc1OCC. The van der Waals surface area contributed by atoms with Crippen LogP contribution >= 0.6 is 34.4 Å². The number of aromatic carboxylic acids is 1. The second-order valence-electron chi connectivity index (χ2n) is 6.66. The first-order valence-corrected chi connectivity index (χ1v) is 11.9. The minimum Gasteiger partial charge on any atom is -0.490 e. The van der Waals surface area contributed by atoms with E-state index in [0.717, 1.165) is 9.13 Å². The molecule has 1 saturated heterocycles. The highest BCUT2D eigenvalue weighted by molar-refractivity contribution is 14.1. The fourth-order valence-electron chi connectivity index (χ4n) is 3.00. The van der Waals surface area contributed by atoms with Crippen molar-refractivity contribution in [2.24, 2.45) is 4.99 Å². The Morgan fingerprint density at radius 3 is 2.61 bits per heavy atom. The highest BCUT2D eigenvalue weighted by Crippen LogP contribution is 2.38. The molecule has 0 radical (unpaired) electrons. The van der Waals surface area contributed by atoms with Gasteiger partial charge in [-0.3, -0.25) is 9.69 Å². The molecule has 0 bridgehead atoms. The van der Waals surface area contributed by atoms with E-state index in [4.69, 9.17) is 21.0 Å². The van der Waals surface area contributed by atoms with E-state index < -0.39 is 5.97 Å². The Morgan fingerprint density at radius 2 is 2.00 bits per heavy atom. The molecule has 1 fully saturated rings. The number of hydrogen-bond acceptors (Lipinski definition) is 6. The first kappa shape index (κ1) is 24.7. The Bertz CT molecular complexity index is 1170. The monoisotopic (exact) mass is 576 g/mol. The van der Waals surface area contributed by atoms with E-state index in [1.165, 1.54) is 23.9 Å². The number of rotatable bonds is 8. The highest BCUT2D eigenvalue weighted by Gasteiger charge is 2.32. The molecule has 7 nitrogen and oxygen atoms in total. The molecule has 1 N–H and O–H groups in total. The third kappa shape index (κ3) is 5.89. The molecule has 1 aliphatic heterocycles. The van der Waals surface area contributed by atoms with Gasteiger partial charge in [-0.2, -0.15) is 0 Å². The van der Waals surface area contributed by atoms with Gasteiger partial charge in [0.15, 0.2) is 16.7 Å². The second-order valence-corrected chi connectivity index (χ2v) is 8.83. The van der Waals surface area contributed by atoms with E-state index in [1.54, 1.807) is 23.1 Å². The number of carbonyl (C=O) groups excluding carboxylic acids is 1. The summed E-state index contributed by atoms with van der Waals surface area (Å²) in [6.45, 7) is 4.79. The van der Waals surface area contributed by atoms with Crippen molar-refractivity contribution >= 4 is 63.2 Å². The lowest BCUT2D eigenvalue weighted by Gasteiger charge is -2.13. The maximum absolute atomic E-state index is 13.0. The van der Waals surface area contributed by atoms with Gasteiger partial charge in [0.1, 0.15) is 6.61 Å². The average Bonchev–Trinajstić information content (AvgIpc) is 3.07. The van der Waals surface area contributed by atoms with E-state index in [2.05, 4.69) is 33.5 Å². The fraction of sp³-hybridized carbons (Fsp3) is 0.208. The summed E-state index contributed by atoms with van der Waals surface area (Å²) in [5.41, 5.74) is 1.53. The summed E-state index contributed by atoms with van der Waals surface area (Å²) >= 11 is 3.41. The molecule has 0 spiro atoms. The number of carboxylic acids is 1. The Morgan fingerprint density at radius 1 is 1.27 bits per heavy atom. The summed E-state index contributed by atoms with van der Waals surface area (Å²) in [7, 11) is 0. The molecule has 3 rings (SSSR count). The molecule has 9 heteroatoms. The molecular weight excluding hydrogens is 555 g/mol. The number of terminal acetylenes is 1. The van der Waals surface area contributed by atoms with Gasteiger partial charge in [-0.25, -0.2) is 9.79 Å². The van der Waals surface area contributed by atoms with Crippen LogP contribution in [0.5, 0.6) is 11.5 Å². The number of benzene rings is 2. The van der Waals surface area contributed by atoms with Crippen molar-refractivity contribution in [1.82, 2.24) is 4.90 Å². The predicted octanol–water partition coefficient (Wildman–Crippen LogP) is 5.02. The highest BCUT2D eigenvalue weighted by atomic mass is 127. The largest absolute Gasteiger partial charge is 0.490 e. The Kier molecular flexibility index (Phi) is 8.41. The van der Waals surface area contributed by atoms with Crippen LogP contribution in [-0.4, -0.2) is 46.8 Å². The molecule has 2 aromatic carbocycles. The minimum absolute atomic E-state index is 0.129. The van der Waals surface area contributed by atoms with Crippen LogP contribution in [0, 0.1) is 15.9 Å². The molecular formula is C24H21IN2O5S. The first-order chi connectivity index (χ1) is 15.9. The Hall–Kier alpha value is -2.97. The molecule has 1 heterocycles. The molecule has 0 atom stereocenters. The van der Waals surface area contributed by atoms with E-state index in [-0.39, 0.29) is 18.1 Å². The van der Waals surface area contributed by atoms with Crippen LogP contribution in [0.1, 0.15) is 29.8 Å². The number of likely N-dealkylation sites (N-methyl/N-ethyl adjacent to an activating group) is 1. The van der Waals surface area contributed by atoms with E-state index >= 15 is 0 Å². The standard InChI is InChI=1S/C24H21IN2O5S/c1-4-11-32-21-18(25)12-15(13-19(21)31-6-3)14-20-22(28)27(5-2)24(33-20)26-17-9-7-16(8-10-17)23(29)30/h1,7-10,12-14H,5-6,11H2,2-3H3,(H,29,30). The van der Waals surface area contributed by atoms with E-state index in [9.17, 15) is 9.59 Å². The average molecular weight is 576 g/mol. The molecule has 0 aromatic heterocycles. The summed E-state index contributed by atoms with van der Waals surface area (Å²) in [5, 5.41) is 9.59. The van der Waals surface area contributed by atoms with Gasteiger partial charge >= 0.3 is 5.97 Å². The molecule has 33 heavy (non-hydrogen) atoms. The third-order valence-electron chi connectivity index (χ3n) is 4.47. The zero-order chi connectivity index (χ0) is 24.0. The quantitative estimate of drug-likeness (QED) is 0.270. The van der Waals surface area contributed by atoms with Crippen LogP contribution in [0.15, 0.2) is 46.3 Å². The number of halogens is 1. The number of carboxylic acid groups (broad SMARTS) is 1. The van der Waals surface area contributed by atoms with Gasteiger partial charge in [0.25, 0.3) is 5.91 Å². The lowest BCUT2D eigenvalue weighted by molar-refractivity contribution is -0.122. The van der Waals surface area contributed by atoms with Crippen molar-refractivity contribution in [3.8, 4) is 23.8 Å². The lowest BCUT2D eigenvalue weighted by Crippen LogP contribution is -2.28. The van der Waals surface area contributed by atoms with Crippen LogP contribution in [0.3, 0.4) is 0 Å². The summed E-state index contributed by atoms with van der Waals surface area (Å²) < 4.78 is 12.2. The van der Waals surface area contributed by atoms with Crippen LogP contribution in [0.25, 0.3) is 6.08 Å². The number of aliphatic imine (C=N–C) groups is 1. The van der Waals surface area contributed by atoms with Crippen molar-refractivity contribution in [2.75, 3.05) is 19.8 Å². The molecule has 1 aliphatic rings. The number of ether oxygens (including phenoxy) is 2. The molecule has 0 unspecified atom stereocenters. The molecule has 2 aromatic rings. The number of amides is 1. The van der Waals surface area contributed by atoms with E-state index in [0.29, 0.717) is 40.4 Å². The van der Waals surface area contributed by atoms with Crippen molar-refractivity contribution in [3.05, 3.63) is 56.0 Å². The van der Waals surface area contributed by atoms with Gasteiger partial charge in [0, 0.05) is 6.54 Å². The van der Waals surface area contributed by atoms with Crippen LogP contribution in [0.4, 0.5) is 5.69 Å². The summed E-state index contributed by atoms with van der Waals surface area (Å²) in [6, 6.07) is 9.90. The minimum atomic E-state index is -1.00. The first-order valence-electron chi connectivity index (χ1n) is 10.0. The van der Waals surface area contributed by atoms with Crippen molar-refractivity contribution < 1.29 is 24.2 Å². The van der Waals surface area contributed by atoms with Gasteiger partial charge in [-0.05, 0) is 96.2 Å². The summed E-state index contributed by atoms with van der Waals surface area (Å²) in [5.74, 6) is 2.43. The van der Waals surface area contributed by atoms with Crippen LogP contribution < -0.4 is 9.47 Å². The van der Waals surface area contributed by atoms with Crippen molar-refractivity contribution in [1.29, 1.82) is 0 Å². The number of thioether (sulfide) groups is 1. The number of carbonyl (C=O) groups is 2. The second kappa shape index (κ2) is 11.2. The topological polar surface area (TPSA) is 88.4 Å². The zero-order valence-corrected chi connectivity index (χ0v) is 21.0. The fourth-order valence-corrected chi connectivity index (χ4v) is 4.84. The maximum Gasteiger partial charge on any atom is 0.335 e. The smallest absolute Gasteiger partial charge is 0.335 e. The van der Waals surface area contributed by atoms with Gasteiger partial charge in [-0.1, -0.05) is 5.92 Å². The zero-order valence-electron chi connectivity index (χ0n) is 18.0. The lowest BCUT2D eigenvalue weighted by atomic mass is 10.2. The number of nitrogens with zero attached hydrogens (tertiary/aromatic N) is 2. The predicted molar refractivity (Wildman–Crippen MR) is 138 cm³/mol. The summed E-state index contributed by atoms with van der Waals surface area (Å²) in [6.07, 6.45) is 7.10. The van der Waals surface area contributed by atoms with Crippen LogP contribution in [0.2, 0.25) is 0 Å². The molecule has 170 valence electrons. The molecule has 1 amide bonds. The molecule has 0 aliphatic carbocycles. The normalized spacial score (nSPS) is 15.7.